The molecule has 1 saturated carbocycles. The Balaban J connectivity index is 1.89. The number of oxime groups is 1. The minimum Gasteiger partial charge on any atom is -0.411 e. The van der Waals surface area contributed by atoms with Gasteiger partial charge in [0, 0.05) is 0 Å². The summed E-state index contributed by atoms with van der Waals surface area (Å²) >= 11 is 0. The lowest BCUT2D eigenvalue weighted by molar-refractivity contribution is -0.140. The highest BCUT2D eigenvalue weighted by molar-refractivity contribution is 6.15. The molecule has 0 bridgehead atoms. The van der Waals surface area contributed by atoms with Crippen molar-refractivity contribution in [1.82, 2.24) is 4.90 Å². The molecule has 1 N–H and O–H groups in total. The summed E-state index contributed by atoms with van der Waals surface area (Å²) in [6.45, 7) is 2.48. The number of hydrogen-bond donors (Lipinski definition) is 1. The third-order valence-electron chi connectivity index (χ3n) is 4.62. The lowest BCUT2D eigenvalue weighted by Crippen LogP contribution is -2.43. The molecule has 0 radical (unpaired) electrons. The molecule has 1 saturated heterocycles. The van der Waals surface area contributed by atoms with Gasteiger partial charge in [-0.2, -0.15) is 0 Å². The summed E-state index contributed by atoms with van der Waals surface area (Å²) in [4.78, 5) is 14.5. The zero-order chi connectivity index (χ0) is 13.5. The topological polar surface area (TPSA) is 52.9 Å². The van der Waals surface area contributed by atoms with E-state index in [1.54, 1.807) is 0 Å². The lowest BCUT2D eigenvalue weighted by Gasteiger charge is -2.36. The van der Waals surface area contributed by atoms with Crippen LogP contribution >= 0.6 is 0 Å². The van der Waals surface area contributed by atoms with E-state index in [0.717, 1.165) is 24.8 Å². The average Bonchev–Trinajstić information content (AvgIpc) is 2.71. The predicted octanol–water partition coefficient (Wildman–Crippen LogP) is 2.59. The number of likely N-dealkylation sites (tertiary alicyclic amines) is 1. The third-order valence-corrected chi connectivity index (χ3v) is 4.62. The Morgan fingerprint density at radius 3 is 2.47 bits per heavy atom. The van der Waals surface area contributed by atoms with E-state index in [9.17, 15) is 4.79 Å². The number of rotatable bonds is 2. The van der Waals surface area contributed by atoms with Gasteiger partial charge in [0.1, 0.15) is 0 Å². The molecule has 3 rings (SSSR count). The highest BCUT2D eigenvalue weighted by Gasteiger charge is 2.56. The molecule has 1 aromatic carbocycles. The summed E-state index contributed by atoms with van der Waals surface area (Å²) in [6, 6.07) is 10.00. The largest absolute Gasteiger partial charge is 0.411 e. The van der Waals surface area contributed by atoms with E-state index in [4.69, 9.17) is 5.21 Å². The van der Waals surface area contributed by atoms with Crippen LogP contribution in [-0.4, -0.2) is 28.3 Å². The molecule has 1 aliphatic heterocycles. The summed E-state index contributed by atoms with van der Waals surface area (Å²) in [5.41, 5.74) is 1.27. The van der Waals surface area contributed by atoms with E-state index in [0.29, 0.717) is 12.3 Å². The minimum absolute atomic E-state index is 0.0189. The van der Waals surface area contributed by atoms with Crippen molar-refractivity contribution in [2.45, 2.75) is 32.2 Å². The second-order valence-electron chi connectivity index (χ2n) is 5.50. The van der Waals surface area contributed by atoms with Crippen LogP contribution in [0, 0.1) is 5.41 Å². The normalized spacial score (nSPS) is 24.8. The molecule has 4 nitrogen and oxygen atoms in total. The Hall–Kier alpha value is -1.84. The van der Waals surface area contributed by atoms with E-state index >= 15 is 0 Å². The van der Waals surface area contributed by atoms with Crippen LogP contribution in [0.3, 0.4) is 0 Å². The van der Waals surface area contributed by atoms with Gasteiger partial charge in [0.15, 0.2) is 0 Å². The van der Waals surface area contributed by atoms with Crippen molar-refractivity contribution in [2.24, 2.45) is 10.6 Å². The second-order valence-corrected chi connectivity index (χ2v) is 5.50. The number of benzene rings is 1. The molecule has 1 aromatic rings. The molecule has 100 valence electrons. The zero-order valence-electron chi connectivity index (χ0n) is 11.0. The molecule has 19 heavy (non-hydrogen) atoms. The van der Waals surface area contributed by atoms with E-state index in [1.807, 2.05) is 42.2 Å². The first-order valence-corrected chi connectivity index (χ1v) is 6.76. The van der Waals surface area contributed by atoms with Gasteiger partial charge < -0.3 is 10.1 Å². The van der Waals surface area contributed by atoms with Gasteiger partial charge in [-0.25, -0.2) is 0 Å². The highest BCUT2D eigenvalue weighted by atomic mass is 16.4. The van der Waals surface area contributed by atoms with Crippen molar-refractivity contribution in [3.05, 3.63) is 35.9 Å². The number of nitrogens with zero attached hydrogens (tertiary/aromatic N) is 2. The summed E-state index contributed by atoms with van der Waals surface area (Å²) in [6.07, 6.45) is 2.69. The molecule has 2 fully saturated rings. The van der Waals surface area contributed by atoms with Crippen LogP contribution in [0.4, 0.5) is 0 Å². The zero-order valence-corrected chi connectivity index (χ0v) is 11.0. The number of hydrogen-bond acceptors (Lipinski definition) is 3. The Morgan fingerprint density at radius 1 is 1.32 bits per heavy atom. The Morgan fingerprint density at radius 2 is 2.00 bits per heavy atom. The fourth-order valence-electron chi connectivity index (χ4n) is 3.17. The van der Waals surface area contributed by atoms with E-state index in [1.165, 1.54) is 0 Å². The van der Waals surface area contributed by atoms with Crippen LogP contribution in [0.25, 0.3) is 0 Å². The van der Waals surface area contributed by atoms with Gasteiger partial charge in [-0.15, -0.1) is 0 Å². The highest BCUT2D eigenvalue weighted by Crippen LogP contribution is 2.49. The van der Waals surface area contributed by atoms with Gasteiger partial charge in [0.05, 0.1) is 23.7 Å². The summed E-state index contributed by atoms with van der Waals surface area (Å²) in [7, 11) is 0. The van der Waals surface area contributed by atoms with Crippen LogP contribution in [0.2, 0.25) is 0 Å². The molecule has 1 unspecified atom stereocenters. The smallest absolute Gasteiger partial charge is 0.235 e. The maximum absolute atomic E-state index is 12.6. The van der Waals surface area contributed by atoms with Crippen LogP contribution < -0.4 is 0 Å². The lowest BCUT2D eigenvalue weighted by atomic mass is 9.66. The fraction of sp³-hybridized carbons (Fsp3) is 0.467. The van der Waals surface area contributed by atoms with Gasteiger partial charge in [0.25, 0.3) is 0 Å². The van der Waals surface area contributed by atoms with Crippen LogP contribution in [-0.2, 0) is 4.79 Å². The Kier molecular flexibility index (Phi) is 2.81. The molecule has 1 atom stereocenters. The molecule has 4 heteroatoms. The van der Waals surface area contributed by atoms with E-state index < -0.39 is 5.41 Å². The predicted molar refractivity (Wildman–Crippen MR) is 72.1 cm³/mol. The van der Waals surface area contributed by atoms with E-state index in [2.05, 4.69) is 5.16 Å². The molecule has 1 amide bonds. The molecule has 2 aliphatic rings. The van der Waals surface area contributed by atoms with Crippen molar-refractivity contribution >= 4 is 11.6 Å². The number of amides is 1. The Bertz CT molecular complexity index is 520. The minimum atomic E-state index is -0.488. The van der Waals surface area contributed by atoms with Gasteiger partial charge in [-0.05, 0) is 25.3 Å². The van der Waals surface area contributed by atoms with Crippen molar-refractivity contribution in [3.63, 3.8) is 0 Å². The number of carbonyl (C=O) groups excluding carboxylic acids is 1. The molecule has 0 aromatic heterocycles. The SMILES string of the molecule is CC(c1ccccc1)N1C/C(=N/O)C2(CCC2)C1=O. The molecular weight excluding hydrogens is 240 g/mol. The number of carbonyl (C=O) groups is 1. The summed E-state index contributed by atoms with van der Waals surface area (Å²) < 4.78 is 0. The maximum atomic E-state index is 12.6. The standard InChI is InChI=1S/C15H18N2O2/c1-11(12-6-3-2-4-7-12)17-10-13(16-19)15(14(17)18)8-5-9-15/h2-4,6-7,11,19H,5,8-10H2,1H3/b16-13-. The summed E-state index contributed by atoms with van der Waals surface area (Å²) in [5, 5.41) is 12.6. The molecule has 1 aliphatic carbocycles. The molecule has 1 heterocycles. The average molecular weight is 258 g/mol. The second kappa shape index (κ2) is 4.37. The van der Waals surface area contributed by atoms with Crippen LogP contribution in [0.5, 0.6) is 0 Å². The van der Waals surface area contributed by atoms with Crippen molar-refractivity contribution in [1.29, 1.82) is 0 Å². The van der Waals surface area contributed by atoms with Crippen molar-refractivity contribution in [3.8, 4) is 0 Å². The quantitative estimate of drug-likeness (QED) is 0.655. The fourth-order valence-corrected chi connectivity index (χ4v) is 3.17. The first-order chi connectivity index (χ1) is 9.19. The van der Waals surface area contributed by atoms with E-state index in [-0.39, 0.29) is 11.9 Å². The van der Waals surface area contributed by atoms with Crippen LogP contribution in [0.1, 0.15) is 37.8 Å². The molecule has 1 spiro atoms. The summed E-state index contributed by atoms with van der Waals surface area (Å²) in [5.74, 6) is 0.128. The van der Waals surface area contributed by atoms with Gasteiger partial charge in [-0.3, -0.25) is 4.79 Å². The monoisotopic (exact) mass is 258 g/mol. The van der Waals surface area contributed by atoms with Gasteiger partial charge in [0.2, 0.25) is 5.91 Å². The Labute approximate surface area is 112 Å². The van der Waals surface area contributed by atoms with Gasteiger partial charge in [-0.1, -0.05) is 41.9 Å². The third kappa shape index (κ3) is 1.66. The van der Waals surface area contributed by atoms with Crippen molar-refractivity contribution in [2.75, 3.05) is 6.54 Å². The first kappa shape index (κ1) is 12.2. The first-order valence-electron chi connectivity index (χ1n) is 6.76. The van der Waals surface area contributed by atoms with Crippen LogP contribution in [0.15, 0.2) is 35.5 Å². The maximum Gasteiger partial charge on any atom is 0.235 e. The molecular formula is C15H18N2O2. The van der Waals surface area contributed by atoms with Gasteiger partial charge >= 0.3 is 0 Å². The van der Waals surface area contributed by atoms with Crippen molar-refractivity contribution < 1.29 is 10.0 Å².